The normalized spacial score (nSPS) is 13.1. The van der Waals surface area contributed by atoms with Crippen LogP contribution in [0.4, 0.5) is 0 Å². The maximum Gasteiger partial charge on any atom is 0.307 e. The van der Waals surface area contributed by atoms with Crippen molar-refractivity contribution in [3.63, 3.8) is 0 Å². The third-order valence-corrected chi connectivity index (χ3v) is 4.18. The first-order chi connectivity index (χ1) is 10.9. The quantitative estimate of drug-likeness (QED) is 0.768. The largest absolute Gasteiger partial charge is 0.496 e. The second-order valence-electron chi connectivity index (χ2n) is 8.29. The van der Waals surface area contributed by atoms with Crippen LogP contribution in [0.25, 0.3) is 5.57 Å². The number of methoxy groups -OCH3 is 1. The zero-order valence-electron chi connectivity index (χ0n) is 16.4. The Bertz CT molecular complexity index is 590. The van der Waals surface area contributed by atoms with Crippen LogP contribution in [0.2, 0.25) is 0 Å². The van der Waals surface area contributed by atoms with Gasteiger partial charge in [-0.1, -0.05) is 54.5 Å². The summed E-state index contributed by atoms with van der Waals surface area (Å²) >= 11 is 0. The van der Waals surface area contributed by atoms with Gasteiger partial charge in [-0.2, -0.15) is 0 Å². The van der Waals surface area contributed by atoms with Crippen molar-refractivity contribution in [2.24, 2.45) is 0 Å². The lowest BCUT2D eigenvalue weighted by Gasteiger charge is -2.30. The minimum atomic E-state index is -0.804. The summed E-state index contributed by atoms with van der Waals surface area (Å²) in [6, 6.07) is 4.32. The summed E-state index contributed by atoms with van der Waals surface area (Å²) in [6.45, 7) is 15.1. The number of hydrogen-bond donors (Lipinski definition) is 1. The number of carboxylic acid groups (broad SMARTS) is 1. The summed E-state index contributed by atoms with van der Waals surface area (Å²) in [4.78, 5) is 10.9. The molecule has 0 saturated heterocycles. The van der Waals surface area contributed by atoms with E-state index < -0.39 is 5.97 Å². The summed E-state index contributed by atoms with van der Waals surface area (Å²) in [5.41, 5.74) is 4.34. The molecule has 0 fully saturated rings. The molecule has 0 unspecified atom stereocenters. The molecule has 3 nitrogen and oxygen atoms in total. The fourth-order valence-corrected chi connectivity index (χ4v) is 2.83. The molecule has 0 bridgehead atoms. The van der Waals surface area contributed by atoms with E-state index in [0.717, 1.165) is 34.4 Å². The summed E-state index contributed by atoms with van der Waals surface area (Å²) in [6.07, 6.45) is 2.67. The van der Waals surface area contributed by atoms with E-state index >= 15 is 0 Å². The number of hydrogen-bond acceptors (Lipinski definition) is 2. The number of rotatable bonds is 5. The fourth-order valence-electron chi connectivity index (χ4n) is 2.83. The van der Waals surface area contributed by atoms with Crippen LogP contribution in [-0.2, 0) is 15.6 Å². The van der Waals surface area contributed by atoms with Gasteiger partial charge in [-0.25, -0.2) is 0 Å². The molecule has 3 heteroatoms. The highest BCUT2D eigenvalue weighted by molar-refractivity contribution is 5.75. The molecule has 0 spiro atoms. The Morgan fingerprint density at radius 2 is 1.54 bits per heavy atom. The van der Waals surface area contributed by atoms with E-state index in [-0.39, 0.29) is 17.3 Å². The van der Waals surface area contributed by atoms with E-state index in [9.17, 15) is 4.79 Å². The Balaban J connectivity index is 3.69. The van der Waals surface area contributed by atoms with Crippen LogP contribution in [-0.4, -0.2) is 18.2 Å². The zero-order valence-corrected chi connectivity index (χ0v) is 16.4. The zero-order chi connectivity index (χ0) is 18.7. The monoisotopic (exact) mass is 332 g/mol. The second-order valence-corrected chi connectivity index (χ2v) is 8.29. The predicted octanol–water partition coefficient (Wildman–Crippen LogP) is 5.56. The first-order valence-corrected chi connectivity index (χ1v) is 8.56. The lowest BCUT2D eigenvalue weighted by molar-refractivity contribution is -0.135. The van der Waals surface area contributed by atoms with Crippen LogP contribution in [0.5, 0.6) is 5.75 Å². The SMILES string of the molecule is CC/C(=C\CC(=O)O)c1cc(C(C)(C)C)c(OC)c(C(C)(C)C)c1. The smallest absolute Gasteiger partial charge is 0.307 e. The first-order valence-electron chi connectivity index (χ1n) is 8.56. The third-order valence-electron chi connectivity index (χ3n) is 4.18. The molecule has 0 saturated carbocycles. The molecule has 1 aromatic rings. The Kier molecular flexibility index (Phi) is 6.26. The molecular formula is C21H32O3. The lowest BCUT2D eigenvalue weighted by Crippen LogP contribution is -2.19. The predicted molar refractivity (Wildman–Crippen MR) is 101 cm³/mol. The molecule has 0 radical (unpaired) electrons. The number of carbonyl (C=O) groups is 1. The molecule has 0 amide bonds. The van der Waals surface area contributed by atoms with Crippen LogP contribution in [0.1, 0.15) is 78.0 Å². The molecule has 1 rings (SSSR count). The van der Waals surface area contributed by atoms with E-state index in [0.29, 0.717) is 0 Å². The molecule has 0 aliphatic carbocycles. The van der Waals surface area contributed by atoms with Gasteiger partial charge in [0.25, 0.3) is 0 Å². The number of carboxylic acids is 1. The van der Waals surface area contributed by atoms with Gasteiger partial charge in [0, 0.05) is 11.1 Å². The van der Waals surface area contributed by atoms with Crippen molar-refractivity contribution < 1.29 is 14.6 Å². The standard InChI is InChI=1S/C21H32O3/c1-9-14(10-11-18(22)23)15-12-16(20(2,3)4)19(24-8)17(13-15)21(5,6)7/h10,12-13H,9,11H2,1-8H3,(H,22,23)/b14-10+. The van der Waals surface area contributed by atoms with E-state index in [1.807, 2.05) is 6.08 Å². The molecule has 134 valence electrons. The van der Waals surface area contributed by atoms with Crippen molar-refractivity contribution in [1.29, 1.82) is 0 Å². The average molecular weight is 332 g/mol. The van der Waals surface area contributed by atoms with Gasteiger partial charge in [-0.05, 0) is 40.5 Å². The van der Waals surface area contributed by atoms with Gasteiger partial charge >= 0.3 is 5.97 Å². The van der Waals surface area contributed by atoms with E-state index in [1.165, 1.54) is 0 Å². The Labute approximate surface area is 146 Å². The molecule has 1 N–H and O–H groups in total. The van der Waals surface area contributed by atoms with Crippen molar-refractivity contribution in [3.8, 4) is 5.75 Å². The number of allylic oxidation sites excluding steroid dienone is 1. The van der Waals surface area contributed by atoms with Crippen molar-refractivity contribution in [3.05, 3.63) is 34.9 Å². The van der Waals surface area contributed by atoms with Gasteiger partial charge in [0.15, 0.2) is 0 Å². The summed E-state index contributed by atoms with van der Waals surface area (Å²) in [5.74, 6) is 0.133. The van der Waals surface area contributed by atoms with Crippen molar-refractivity contribution >= 4 is 11.5 Å². The van der Waals surface area contributed by atoms with Gasteiger partial charge in [-0.3, -0.25) is 4.79 Å². The fraction of sp³-hybridized carbons (Fsp3) is 0.571. The Morgan fingerprint density at radius 1 is 1.08 bits per heavy atom. The second kappa shape index (κ2) is 7.42. The minimum Gasteiger partial charge on any atom is -0.496 e. The first kappa shape index (κ1) is 20.3. The van der Waals surface area contributed by atoms with E-state index in [1.54, 1.807) is 7.11 Å². The number of benzene rings is 1. The maximum absolute atomic E-state index is 10.9. The average Bonchev–Trinajstić information content (AvgIpc) is 2.44. The number of ether oxygens (including phenoxy) is 1. The van der Waals surface area contributed by atoms with Crippen molar-refractivity contribution in [1.82, 2.24) is 0 Å². The van der Waals surface area contributed by atoms with Gasteiger partial charge in [-0.15, -0.1) is 0 Å². The third kappa shape index (κ3) is 4.86. The number of aliphatic carboxylic acids is 1. The van der Waals surface area contributed by atoms with Crippen LogP contribution in [0.3, 0.4) is 0 Å². The van der Waals surface area contributed by atoms with Gasteiger partial charge in [0.05, 0.1) is 13.5 Å². The van der Waals surface area contributed by atoms with Gasteiger partial charge < -0.3 is 9.84 Å². The lowest BCUT2D eigenvalue weighted by atomic mass is 9.77. The highest BCUT2D eigenvalue weighted by atomic mass is 16.5. The summed E-state index contributed by atoms with van der Waals surface area (Å²) < 4.78 is 5.78. The van der Waals surface area contributed by atoms with Crippen LogP contribution in [0, 0.1) is 0 Å². The summed E-state index contributed by atoms with van der Waals surface area (Å²) in [7, 11) is 1.72. The van der Waals surface area contributed by atoms with Gasteiger partial charge in [0.1, 0.15) is 5.75 Å². The molecule has 1 aromatic carbocycles. The Morgan fingerprint density at radius 3 is 1.83 bits per heavy atom. The van der Waals surface area contributed by atoms with Crippen LogP contribution < -0.4 is 4.74 Å². The molecule has 0 aromatic heterocycles. The molecule has 24 heavy (non-hydrogen) atoms. The molecule has 0 atom stereocenters. The van der Waals surface area contributed by atoms with Crippen molar-refractivity contribution in [2.45, 2.75) is 72.1 Å². The molecule has 0 aliphatic rings. The molecule has 0 aliphatic heterocycles. The van der Waals surface area contributed by atoms with E-state index in [2.05, 4.69) is 60.6 Å². The topological polar surface area (TPSA) is 46.5 Å². The van der Waals surface area contributed by atoms with Crippen LogP contribution in [0.15, 0.2) is 18.2 Å². The molecular weight excluding hydrogens is 300 g/mol. The van der Waals surface area contributed by atoms with Gasteiger partial charge in [0.2, 0.25) is 0 Å². The Hall–Kier alpha value is -1.77. The van der Waals surface area contributed by atoms with Crippen LogP contribution >= 0.6 is 0 Å². The maximum atomic E-state index is 10.9. The summed E-state index contributed by atoms with van der Waals surface area (Å²) in [5, 5.41) is 8.99. The highest BCUT2D eigenvalue weighted by Gasteiger charge is 2.27. The van der Waals surface area contributed by atoms with E-state index in [4.69, 9.17) is 9.84 Å². The highest BCUT2D eigenvalue weighted by Crippen LogP contribution is 2.42. The van der Waals surface area contributed by atoms with Crippen molar-refractivity contribution in [2.75, 3.05) is 7.11 Å². The molecule has 0 heterocycles. The minimum absolute atomic E-state index is 0.0465.